The Morgan fingerprint density at radius 2 is 2.00 bits per heavy atom. The normalized spacial score (nSPS) is 12.1. The van der Waals surface area contributed by atoms with Crippen molar-refractivity contribution in [2.24, 2.45) is 0 Å². The summed E-state index contributed by atoms with van der Waals surface area (Å²) in [4.78, 5) is 0. The molecule has 1 atom stereocenters. The minimum absolute atomic E-state index is 0.113. The Morgan fingerprint density at radius 1 is 1.42 bits per heavy atom. The van der Waals surface area contributed by atoms with E-state index in [9.17, 15) is 5.11 Å². The smallest absolute Gasteiger partial charge is 0.0919 e. The van der Waals surface area contributed by atoms with Gasteiger partial charge in [-0.25, -0.2) is 0 Å². The molecule has 1 rings (SSSR count). The topological polar surface area (TPSA) is 44.0 Å². The van der Waals surface area contributed by atoms with Crippen LogP contribution in [-0.2, 0) is 0 Å². The van der Waals surface area contributed by atoms with E-state index >= 15 is 0 Å². The second-order valence-corrected chi connectivity index (χ2v) is 2.87. The summed E-state index contributed by atoms with van der Waals surface area (Å²) in [5.74, 6) is 0. The molecule has 0 fully saturated rings. The fourth-order valence-electron chi connectivity index (χ4n) is 0.889. The summed E-state index contributed by atoms with van der Waals surface area (Å²) in [6.07, 6.45) is -0.589. The Morgan fingerprint density at radius 3 is 2.50 bits per heavy atom. The highest BCUT2D eigenvalue weighted by Crippen LogP contribution is 2.18. The highest BCUT2D eigenvalue weighted by atomic mass is 35.5. The van der Waals surface area contributed by atoms with Gasteiger partial charge in [0.15, 0.2) is 0 Å². The molecule has 0 aromatic heterocycles. The van der Waals surface area contributed by atoms with Gasteiger partial charge in [0, 0.05) is 5.02 Å². The second kappa shape index (κ2) is 4.10. The van der Waals surface area contributed by atoms with Gasteiger partial charge in [-0.15, -0.1) is 0 Å². The lowest BCUT2D eigenvalue weighted by Gasteiger charge is -2.05. The molecular weight excluding hydrogens is 174 g/mol. The Labute approximate surface area is 76.0 Å². The van der Waals surface area contributed by atoms with Gasteiger partial charge in [-0.1, -0.05) is 23.7 Å². The number of aliphatic hydroxyl groups is 1. The molecule has 0 aliphatic heterocycles. The van der Waals surface area contributed by atoms with E-state index in [0.29, 0.717) is 5.02 Å². The molecule has 0 spiro atoms. The predicted octanol–water partition coefficient (Wildman–Crippen LogP) is 2.29. The summed E-state index contributed by atoms with van der Waals surface area (Å²) in [6.45, 7) is 0. The van der Waals surface area contributed by atoms with Crippen molar-refractivity contribution >= 4 is 11.6 Å². The van der Waals surface area contributed by atoms with Crippen LogP contribution in [0, 0.1) is 11.3 Å². The zero-order chi connectivity index (χ0) is 8.97. The van der Waals surface area contributed by atoms with Crippen LogP contribution in [0.4, 0.5) is 0 Å². The van der Waals surface area contributed by atoms with E-state index in [0.717, 1.165) is 5.56 Å². The first kappa shape index (κ1) is 9.05. The fourth-order valence-corrected chi connectivity index (χ4v) is 1.02. The second-order valence-electron chi connectivity index (χ2n) is 2.43. The zero-order valence-corrected chi connectivity index (χ0v) is 7.12. The number of aliphatic hydroxyl groups excluding tert-OH is 1. The molecule has 0 saturated heterocycles. The van der Waals surface area contributed by atoms with Gasteiger partial charge in [0.25, 0.3) is 0 Å². The lowest BCUT2D eigenvalue weighted by atomic mass is 10.1. The SMILES string of the molecule is N#CCC(O)c1ccc(Cl)cc1. The quantitative estimate of drug-likeness (QED) is 0.761. The largest absolute Gasteiger partial charge is 0.387 e. The monoisotopic (exact) mass is 181 g/mol. The Hall–Kier alpha value is -1.04. The van der Waals surface area contributed by atoms with Crippen LogP contribution >= 0.6 is 11.6 Å². The number of hydrogen-bond acceptors (Lipinski definition) is 2. The van der Waals surface area contributed by atoms with E-state index in [2.05, 4.69) is 0 Å². The minimum atomic E-state index is -0.702. The molecule has 0 radical (unpaired) electrons. The lowest BCUT2D eigenvalue weighted by Crippen LogP contribution is -1.94. The average Bonchev–Trinajstić information content (AvgIpc) is 2.06. The van der Waals surface area contributed by atoms with Crippen LogP contribution in [0.2, 0.25) is 5.02 Å². The van der Waals surface area contributed by atoms with Gasteiger partial charge < -0.3 is 5.11 Å². The zero-order valence-electron chi connectivity index (χ0n) is 6.37. The molecule has 1 unspecified atom stereocenters. The van der Waals surface area contributed by atoms with Gasteiger partial charge in [0.05, 0.1) is 18.6 Å². The summed E-state index contributed by atoms with van der Waals surface area (Å²) in [5.41, 5.74) is 0.723. The van der Waals surface area contributed by atoms with Gasteiger partial charge >= 0.3 is 0 Å². The number of halogens is 1. The summed E-state index contributed by atoms with van der Waals surface area (Å²) in [6, 6.07) is 8.71. The molecule has 2 nitrogen and oxygen atoms in total. The third kappa shape index (κ3) is 2.23. The van der Waals surface area contributed by atoms with E-state index in [4.69, 9.17) is 16.9 Å². The van der Waals surface area contributed by atoms with Crippen molar-refractivity contribution in [3.05, 3.63) is 34.9 Å². The number of nitrogens with zero attached hydrogens (tertiary/aromatic N) is 1. The number of nitriles is 1. The molecule has 0 aliphatic rings. The fraction of sp³-hybridized carbons (Fsp3) is 0.222. The van der Waals surface area contributed by atoms with Gasteiger partial charge in [-0.2, -0.15) is 5.26 Å². The average molecular weight is 182 g/mol. The van der Waals surface area contributed by atoms with E-state index < -0.39 is 6.10 Å². The predicted molar refractivity (Wildman–Crippen MR) is 46.6 cm³/mol. The first-order chi connectivity index (χ1) is 5.74. The van der Waals surface area contributed by atoms with Crippen molar-refractivity contribution in [2.45, 2.75) is 12.5 Å². The van der Waals surface area contributed by atoms with Gasteiger partial charge in [0.1, 0.15) is 0 Å². The number of hydrogen-bond donors (Lipinski definition) is 1. The van der Waals surface area contributed by atoms with Crippen molar-refractivity contribution in [3.8, 4) is 6.07 Å². The van der Waals surface area contributed by atoms with Gasteiger partial charge in [-0.3, -0.25) is 0 Å². The molecule has 1 aromatic rings. The molecule has 3 heteroatoms. The molecular formula is C9H8ClNO. The molecule has 62 valence electrons. The number of benzene rings is 1. The van der Waals surface area contributed by atoms with Crippen molar-refractivity contribution in [2.75, 3.05) is 0 Å². The summed E-state index contributed by atoms with van der Waals surface area (Å²) in [5, 5.41) is 18.3. The molecule has 1 aromatic carbocycles. The number of rotatable bonds is 2. The summed E-state index contributed by atoms with van der Waals surface area (Å²) in [7, 11) is 0. The van der Waals surface area contributed by atoms with Crippen molar-refractivity contribution in [1.29, 1.82) is 5.26 Å². The Balaban J connectivity index is 2.76. The highest BCUT2D eigenvalue weighted by molar-refractivity contribution is 6.30. The summed E-state index contributed by atoms with van der Waals surface area (Å²) < 4.78 is 0. The van der Waals surface area contributed by atoms with Crippen molar-refractivity contribution < 1.29 is 5.11 Å². The maximum Gasteiger partial charge on any atom is 0.0919 e. The van der Waals surface area contributed by atoms with E-state index in [1.54, 1.807) is 24.3 Å². The first-order valence-electron chi connectivity index (χ1n) is 3.54. The Kier molecular flexibility index (Phi) is 3.09. The third-order valence-corrected chi connectivity index (χ3v) is 1.79. The molecule has 12 heavy (non-hydrogen) atoms. The van der Waals surface area contributed by atoms with Crippen LogP contribution in [0.1, 0.15) is 18.1 Å². The van der Waals surface area contributed by atoms with Crippen LogP contribution in [-0.4, -0.2) is 5.11 Å². The van der Waals surface area contributed by atoms with Crippen molar-refractivity contribution in [3.63, 3.8) is 0 Å². The van der Waals surface area contributed by atoms with Crippen LogP contribution in [0.25, 0.3) is 0 Å². The van der Waals surface area contributed by atoms with E-state index in [1.807, 2.05) is 6.07 Å². The maximum atomic E-state index is 9.35. The van der Waals surface area contributed by atoms with Crippen LogP contribution in [0.15, 0.2) is 24.3 Å². The molecule has 0 aliphatic carbocycles. The van der Waals surface area contributed by atoms with Gasteiger partial charge in [0.2, 0.25) is 0 Å². The van der Waals surface area contributed by atoms with Gasteiger partial charge in [-0.05, 0) is 17.7 Å². The van der Waals surface area contributed by atoms with Crippen LogP contribution in [0.3, 0.4) is 0 Å². The third-order valence-electron chi connectivity index (χ3n) is 1.54. The lowest BCUT2D eigenvalue weighted by molar-refractivity contribution is 0.183. The maximum absolute atomic E-state index is 9.35. The Bertz CT molecular complexity index is 288. The van der Waals surface area contributed by atoms with E-state index in [-0.39, 0.29) is 6.42 Å². The highest BCUT2D eigenvalue weighted by Gasteiger charge is 2.05. The molecule has 0 bridgehead atoms. The van der Waals surface area contributed by atoms with Crippen LogP contribution in [0.5, 0.6) is 0 Å². The first-order valence-corrected chi connectivity index (χ1v) is 3.92. The van der Waals surface area contributed by atoms with E-state index in [1.165, 1.54) is 0 Å². The molecule has 0 amide bonds. The molecule has 0 heterocycles. The minimum Gasteiger partial charge on any atom is -0.387 e. The van der Waals surface area contributed by atoms with Crippen molar-refractivity contribution in [1.82, 2.24) is 0 Å². The molecule has 0 saturated carbocycles. The standard InChI is InChI=1S/C9H8ClNO/c10-8-3-1-7(2-4-8)9(12)5-6-11/h1-4,9,12H,5H2. The summed E-state index contributed by atoms with van der Waals surface area (Å²) >= 11 is 5.65. The molecule has 1 N–H and O–H groups in total. The van der Waals surface area contributed by atoms with Crippen LogP contribution < -0.4 is 0 Å².